The molecule has 0 spiro atoms. The topological polar surface area (TPSA) is 52.3 Å². The van der Waals surface area contributed by atoms with Gasteiger partial charge in [0.05, 0.1) is 6.42 Å². The van der Waals surface area contributed by atoms with Gasteiger partial charge in [0.25, 0.3) is 0 Å². The van der Waals surface area contributed by atoms with Crippen LogP contribution in [0.15, 0.2) is 0 Å². The van der Waals surface area contributed by atoms with Crippen LogP contribution < -0.4 is 5.73 Å². The molecule has 0 saturated carbocycles. The van der Waals surface area contributed by atoms with E-state index in [0.29, 0.717) is 13.0 Å². The first-order valence-corrected chi connectivity index (χ1v) is 4.58. The fourth-order valence-electron chi connectivity index (χ4n) is 0.840. The molecular formula is C10H21NO2. The minimum atomic E-state index is -0.401. The molecule has 0 bridgehead atoms. The van der Waals surface area contributed by atoms with E-state index in [1.807, 2.05) is 34.6 Å². The van der Waals surface area contributed by atoms with Crippen LogP contribution in [0.5, 0.6) is 0 Å². The van der Waals surface area contributed by atoms with Crippen molar-refractivity contribution in [2.24, 2.45) is 11.1 Å². The van der Waals surface area contributed by atoms with E-state index in [9.17, 15) is 4.79 Å². The first-order valence-electron chi connectivity index (χ1n) is 4.58. The molecule has 0 unspecified atom stereocenters. The summed E-state index contributed by atoms with van der Waals surface area (Å²) in [5.74, 6) is -0.178. The number of esters is 1. The fourth-order valence-corrected chi connectivity index (χ4v) is 0.840. The summed E-state index contributed by atoms with van der Waals surface area (Å²) in [4.78, 5) is 11.4. The maximum Gasteiger partial charge on any atom is 0.306 e. The van der Waals surface area contributed by atoms with Crippen LogP contribution >= 0.6 is 0 Å². The van der Waals surface area contributed by atoms with Crippen LogP contribution in [-0.2, 0) is 9.53 Å². The Morgan fingerprint density at radius 3 is 2.00 bits per heavy atom. The molecule has 0 aromatic carbocycles. The molecule has 0 fully saturated rings. The molecule has 0 atom stereocenters. The highest BCUT2D eigenvalue weighted by atomic mass is 16.6. The number of rotatable bonds is 3. The van der Waals surface area contributed by atoms with Crippen molar-refractivity contribution in [3.63, 3.8) is 0 Å². The number of carbonyl (C=O) groups excluding carboxylic acids is 1. The van der Waals surface area contributed by atoms with Gasteiger partial charge in [-0.2, -0.15) is 0 Å². The monoisotopic (exact) mass is 187 g/mol. The van der Waals surface area contributed by atoms with Crippen LogP contribution in [-0.4, -0.2) is 18.1 Å². The van der Waals surface area contributed by atoms with Crippen molar-refractivity contribution < 1.29 is 9.53 Å². The van der Waals surface area contributed by atoms with Crippen LogP contribution in [0.2, 0.25) is 0 Å². The van der Waals surface area contributed by atoms with Gasteiger partial charge < -0.3 is 10.5 Å². The van der Waals surface area contributed by atoms with E-state index in [1.54, 1.807) is 0 Å². The van der Waals surface area contributed by atoms with Crippen molar-refractivity contribution in [2.45, 2.75) is 46.6 Å². The molecule has 0 aliphatic rings. The van der Waals surface area contributed by atoms with E-state index in [-0.39, 0.29) is 11.4 Å². The predicted octanol–water partition coefficient (Wildman–Crippen LogP) is 1.70. The van der Waals surface area contributed by atoms with Crippen LogP contribution in [0, 0.1) is 5.41 Å². The number of nitrogens with two attached hydrogens (primary N) is 1. The van der Waals surface area contributed by atoms with Crippen molar-refractivity contribution in [3.8, 4) is 0 Å². The standard InChI is InChI=1S/C10H21NO2/c1-9(2,3)13-8(12)6-10(4,5)7-11/h6-7,11H2,1-5H3. The molecule has 3 nitrogen and oxygen atoms in total. The lowest BCUT2D eigenvalue weighted by Crippen LogP contribution is -2.31. The average molecular weight is 187 g/mol. The maximum absolute atomic E-state index is 11.4. The Morgan fingerprint density at radius 1 is 1.23 bits per heavy atom. The Kier molecular flexibility index (Phi) is 3.91. The highest BCUT2D eigenvalue weighted by Crippen LogP contribution is 2.20. The number of hydrogen-bond acceptors (Lipinski definition) is 3. The van der Waals surface area contributed by atoms with Crippen LogP contribution in [0.4, 0.5) is 0 Å². The molecule has 0 saturated heterocycles. The highest BCUT2D eigenvalue weighted by Gasteiger charge is 2.24. The van der Waals surface area contributed by atoms with E-state index in [4.69, 9.17) is 10.5 Å². The lowest BCUT2D eigenvalue weighted by Gasteiger charge is -2.25. The zero-order chi connectivity index (χ0) is 10.7. The number of ether oxygens (including phenoxy) is 1. The normalized spacial score (nSPS) is 12.8. The summed E-state index contributed by atoms with van der Waals surface area (Å²) in [5, 5.41) is 0. The summed E-state index contributed by atoms with van der Waals surface area (Å²) < 4.78 is 5.18. The van der Waals surface area contributed by atoms with Crippen molar-refractivity contribution in [2.75, 3.05) is 6.54 Å². The van der Waals surface area contributed by atoms with Crippen molar-refractivity contribution in [1.82, 2.24) is 0 Å². The lowest BCUT2D eigenvalue weighted by molar-refractivity contribution is -0.157. The zero-order valence-electron chi connectivity index (χ0n) is 9.31. The molecule has 0 heterocycles. The average Bonchev–Trinajstić information content (AvgIpc) is 1.81. The second kappa shape index (κ2) is 4.09. The van der Waals surface area contributed by atoms with Gasteiger partial charge in [0.15, 0.2) is 0 Å². The molecule has 0 aromatic heterocycles. The molecule has 2 N–H and O–H groups in total. The Labute approximate surface area is 80.6 Å². The second-order valence-corrected chi connectivity index (χ2v) is 5.13. The zero-order valence-corrected chi connectivity index (χ0v) is 9.31. The minimum Gasteiger partial charge on any atom is -0.460 e. The summed E-state index contributed by atoms with van der Waals surface area (Å²) in [6.45, 7) is 9.99. The fraction of sp³-hybridized carbons (Fsp3) is 0.900. The van der Waals surface area contributed by atoms with E-state index >= 15 is 0 Å². The second-order valence-electron chi connectivity index (χ2n) is 5.13. The number of carbonyl (C=O) groups is 1. The number of hydrogen-bond donors (Lipinski definition) is 1. The van der Waals surface area contributed by atoms with Crippen molar-refractivity contribution >= 4 is 5.97 Å². The highest BCUT2D eigenvalue weighted by molar-refractivity contribution is 5.70. The Balaban J connectivity index is 4.03. The molecule has 3 heteroatoms. The van der Waals surface area contributed by atoms with Gasteiger partial charge in [-0.3, -0.25) is 4.79 Å². The third-order valence-electron chi connectivity index (χ3n) is 1.60. The van der Waals surface area contributed by atoms with E-state index in [1.165, 1.54) is 0 Å². The van der Waals surface area contributed by atoms with Crippen molar-refractivity contribution in [1.29, 1.82) is 0 Å². The third-order valence-corrected chi connectivity index (χ3v) is 1.60. The van der Waals surface area contributed by atoms with E-state index in [0.717, 1.165) is 0 Å². The van der Waals surface area contributed by atoms with Gasteiger partial charge in [-0.15, -0.1) is 0 Å². The summed E-state index contributed by atoms with van der Waals surface area (Å²) in [6.07, 6.45) is 0.376. The van der Waals surface area contributed by atoms with Gasteiger partial charge in [-0.25, -0.2) is 0 Å². The Hall–Kier alpha value is -0.570. The maximum atomic E-state index is 11.4. The van der Waals surface area contributed by atoms with E-state index in [2.05, 4.69) is 0 Å². The molecule has 0 aliphatic heterocycles. The predicted molar refractivity (Wildman–Crippen MR) is 53.3 cm³/mol. The summed E-state index contributed by atoms with van der Waals surface area (Å²) in [7, 11) is 0. The Morgan fingerprint density at radius 2 is 1.69 bits per heavy atom. The summed E-state index contributed by atoms with van der Waals surface area (Å²) >= 11 is 0. The summed E-state index contributed by atoms with van der Waals surface area (Å²) in [6, 6.07) is 0. The van der Waals surface area contributed by atoms with E-state index < -0.39 is 5.60 Å². The van der Waals surface area contributed by atoms with Crippen LogP contribution in [0.25, 0.3) is 0 Å². The van der Waals surface area contributed by atoms with Crippen molar-refractivity contribution in [3.05, 3.63) is 0 Å². The lowest BCUT2D eigenvalue weighted by atomic mass is 9.90. The Bertz CT molecular complexity index is 180. The first kappa shape index (κ1) is 12.4. The van der Waals surface area contributed by atoms with Gasteiger partial charge in [0, 0.05) is 0 Å². The van der Waals surface area contributed by atoms with Gasteiger partial charge in [0.1, 0.15) is 5.60 Å². The van der Waals surface area contributed by atoms with Gasteiger partial charge in [0.2, 0.25) is 0 Å². The van der Waals surface area contributed by atoms with Crippen LogP contribution in [0.1, 0.15) is 41.0 Å². The van der Waals surface area contributed by atoms with Gasteiger partial charge >= 0.3 is 5.97 Å². The molecule has 0 aromatic rings. The third kappa shape index (κ3) is 6.58. The molecule has 0 rings (SSSR count). The summed E-state index contributed by atoms with van der Waals surface area (Å²) in [5.41, 5.74) is 4.95. The molecule has 0 amide bonds. The van der Waals surface area contributed by atoms with Gasteiger partial charge in [-0.1, -0.05) is 13.8 Å². The largest absolute Gasteiger partial charge is 0.460 e. The minimum absolute atomic E-state index is 0.164. The molecule has 78 valence electrons. The SMILES string of the molecule is CC(C)(CN)CC(=O)OC(C)(C)C. The smallest absolute Gasteiger partial charge is 0.306 e. The first-order chi connectivity index (χ1) is 5.66. The molecule has 0 aliphatic carbocycles. The molecular weight excluding hydrogens is 166 g/mol. The quantitative estimate of drug-likeness (QED) is 0.684. The van der Waals surface area contributed by atoms with Gasteiger partial charge in [-0.05, 0) is 32.7 Å². The molecule has 0 radical (unpaired) electrons. The molecule has 13 heavy (non-hydrogen) atoms. The van der Waals surface area contributed by atoms with Crippen LogP contribution in [0.3, 0.4) is 0 Å².